The summed E-state index contributed by atoms with van der Waals surface area (Å²) < 4.78 is 0. The molecule has 1 aliphatic heterocycles. The number of hydrogen-bond donors (Lipinski definition) is 1. The first-order valence-corrected chi connectivity index (χ1v) is 7.28. The first kappa shape index (κ1) is 14.1. The normalized spacial score (nSPS) is 22.4. The van der Waals surface area contributed by atoms with Gasteiger partial charge >= 0.3 is 0 Å². The van der Waals surface area contributed by atoms with Gasteiger partial charge in [-0.2, -0.15) is 0 Å². The van der Waals surface area contributed by atoms with Crippen LogP contribution in [0, 0.1) is 5.92 Å². The molecule has 1 aromatic rings. The topological polar surface area (TPSA) is 32.3 Å². The second kappa shape index (κ2) is 6.71. The third-order valence-corrected chi connectivity index (χ3v) is 3.86. The van der Waals surface area contributed by atoms with Crippen LogP contribution in [0.3, 0.4) is 0 Å². The molecular formula is C16H24N2O. The molecule has 3 nitrogen and oxygen atoms in total. The van der Waals surface area contributed by atoms with Crippen LogP contribution in [0.2, 0.25) is 0 Å². The fraction of sp³-hybridized carbons (Fsp3) is 0.562. The van der Waals surface area contributed by atoms with E-state index in [0.29, 0.717) is 11.9 Å². The van der Waals surface area contributed by atoms with Gasteiger partial charge in [-0.3, -0.25) is 4.79 Å². The van der Waals surface area contributed by atoms with Gasteiger partial charge in [-0.25, -0.2) is 0 Å². The van der Waals surface area contributed by atoms with Gasteiger partial charge < -0.3 is 10.2 Å². The molecule has 1 heterocycles. The Hall–Kier alpha value is -1.35. The predicted octanol–water partition coefficient (Wildman–Crippen LogP) is 2.42. The minimum atomic E-state index is 0.148. The van der Waals surface area contributed by atoms with E-state index >= 15 is 0 Å². The van der Waals surface area contributed by atoms with Crippen molar-refractivity contribution in [3.63, 3.8) is 0 Å². The molecule has 0 saturated carbocycles. The maximum absolute atomic E-state index is 12.6. The van der Waals surface area contributed by atoms with Crippen molar-refractivity contribution in [1.29, 1.82) is 0 Å². The molecule has 2 atom stereocenters. The van der Waals surface area contributed by atoms with E-state index in [1.807, 2.05) is 23.1 Å². The van der Waals surface area contributed by atoms with E-state index in [-0.39, 0.29) is 5.92 Å². The van der Waals surface area contributed by atoms with Gasteiger partial charge in [0.15, 0.2) is 0 Å². The molecule has 1 aliphatic rings. The summed E-state index contributed by atoms with van der Waals surface area (Å²) in [6.07, 6.45) is 1.97. The molecule has 0 radical (unpaired) electrons. The Kier molecular flexibility index (Phi) is 4.97. The van der Waals surface area contributed by atoms with Crippen molar-refractivity contribution in [1.82, 2.24) is 10.2 Å². The third kappa shape index (κ3) is 3.57. The minimum absolute atomic E-state index is 0.148. The van der Waals surface area contributed by atoms with Crippen LogP contribution >= 0.6 is 0 Å². The summed E-state index contributed by atoms with van der Waals surface area (Å²) in [5, 5.41) is 3.36. The Labute approximate surface area is 116 Å². The highest BCUT2D eigenvalue weighted by atomic mass is 16.2. The number of carbonyl (C=O) groups excluding carboxylic acids is 1. The van der Waals surface area contributed by atoms with E-state index in [1.54, 1.807) is 0 Å². The van der Waals surface area contributed by atoms with Gasteiger partial charge in [-0.05, 0) is 31.9 Å². The summed E-state index contributed by atoms with van der Waals surface area (Å²) in [5.41, 5.74) is 1.21. The maximum Gasteiger partial charge on any atom is 0.227 e. The molecule has 104 valence electrons. The standard InChI is InChI=1S/C16H24N2O/c1-3-11-18(12-14-7-5-4-6-8-14)16(19)15-9-10-17-13(15)2/h4-8,13,15,17H,3,9-12H2,1-2H3. The van der Waals surface area contributed by atoms with Gasteiger partial charge in [0.25, 0.3) is 0 Å². The molecule has 19 heavy (non-hydrogen) atoms. The average molecular weight is 260 g/mol. The summed E-state index contributed by atoms with van der Waals surface area (Å²) in [6, 6.07) is 10.6. The number of carbonyl (C=O) groups is 1. The first-order valence-electron chi connectivity index (χ1n) is 7.28. The van der Waals surface area contributed by atoms with Crippen molar-refractivity contribution < 1.29 is 4.79 Å². The Morgan fingerprint density at radius 3 is 2.68 bits per heavy atom. The van der Waals surface area contributed by atoms with Crippen molar-refractivity contribution in [3.8, 4) is 0 Å². The number of amides is 1. The molecule has 2 unspecified atom stereocenters. The Morgan fingerprint density at radius 1 is 1.37 bits per heavy atom. The lowest BCUT2D eigenvalue weighted by Gasteiger charge is -2.27. The number of benzene rings is 1. The van der Waals surface area contributed by atoms with E-state index in [9.17, 15) is 4.79 Å². The molecule has 0 aromatic heterocycles. The molecule has 1 saturated heterocycles. The van der Waals surface area contributed by atoms with E-state index in [4.69, 9.17) is 0 Å². The number of rotatable bonds is 5. The van der Waals surface area contributed by atoms with Gasteiger partial charge in [0.1, 0.15) is 0 Å². The van der Waals surface area contributed by atoms with Crippen molar-refractivity contribution in [2.24, 2.45) is 5.92 Å². The van der Waals surface area contributed by atoms with E-state index in [1.165, 1.54) is 5.56 Å². The minimum Gasteiger partial charge on any atom is -0.338 e. The maximum atomic E-state index is 12.6. The molecular weight excluding hydrogens is 236 g/mol. The largest absolute Gasteiger partial charge is 0.338 e. The lowest BCUT2D eigenvalue weighted by molar-refractivity contribution is -0.136. The fourth-order valence-electron chi connectivity index (χ4n) is 2.77. The van der Waals surface area contributed by atoms with Gasteiger partial charge in [-0.1, -0.05) is 37.3 Å². The van der Waals surface area contributed by atoms with E-state index in [2.05, 4.69) is 31.3 Å². The van der Waals surface area contributed by atoms with Gasteiger partial charge in [-0.15, -0.1) is 0 Å². The van der Waals surface area contributed by atoms with Crippen LogP contribution in [0.15, 0.2) is 30.3 Å². The Morgan fingerprint density at radius 2 is 2.11 bits per heavy atom. The highest BCUT2D eigenvalue weighted by Crippen LogP contribution is 2.19. The van der Waals surface area contributed by atoms with Crippen LogP contribution in [0.4, 0.5) is 0 Å². The molecule has 2 rings (SSSR count). The monoisotopic (exact) mass is 260 g/mol. The predicted molar refractivity (Wildman–Crippen MR) is 77.7 cm³/mol. The molecule has 3 heteroatoms. The fourth-order valence-corrected chi connectivity index (χ4v) is 2.77. The molecule has 0 spiro atoms. The molecule has 1 N–H and O–H groups in total. The highest BCUT2D eigenvalue weighted by Gasteiger charge is 2.32. The summed E-state index contributed by atoms with van der Waals surface area (Å²) in [7, 11) is 0. The SMILES string of the molecule is CCCN(Cc1ccccc1)C(=O)C1CCNC1C. The zero-order valence-corrected chi connectivity index (χ0v) is 11.9. The molecule has 1 fully saturated rings. The van der Waals surface area contributed by atoms with Crippen LogP contribution < -0.4 is 5.32 Å². The summed E-state index contributed by atoms with van der Waals surface area (Å²) >= 11 is 0. The van der Waals surface area contributed by atoms with Crippen LogP contribution in [-0.2, 0) is 11.3 Å². The van der Waals surface area contributed by atoms with E-state index < -0.39 is 0 Å². The molecule has 1 aromatic carbocycles. The van der Waals surface area contributed by atoms with Crippen LogP contribution in [-0.4, -0.2) is 29.9 Å². The summed E-state index contributed by atoms with van der Waals surface area (Å²) in [5.74, 6) is 0.457. The van der Waals surface area contributed by atoms with Crippen molar-refractivity contribution in [2.45, 2.75) is 39.3 Å². The Bertz CT molecular complexity index is 404. The first-order chi connectivity index (χ1) is 9.22. The number of hydrogen-bond acceptors (Lipinski definition) is 2. The van der Waals surface area contributed by atoms with Crippen LogP contribution in [0.1, 0.15) is 32.3 Å². The zero-order valence-electron chi connectivity index (χ0n) is 11.9. The highest BCUT2D eigenvalue weighted by molar-refractivity contribution is 5.80. The third-order valence-electron chi connectivity index (χ3n) is 3.86. The van der Waals surface area contributed by atoms with Crippen molar-refractivity contribution in [2.75, 3.05) is 13.1 Å². The second-order valence-electron chi connectivity index (χ2n) is 5.38. The van der Waals surface area contributed by atoms with Crippen molar-refractivity contribution in [3.05, 3.63) is 35.9 Å². The second-order valence-corrected chi connectivity index (χ2v) is 5.38. The molecule has 0 aliphatic carbocycles. The summed E-state index contributed by atoms with van der Waals surface area (Å²) in [6.45, 7) is 6.78. The smallest absolute Gasteiger partial charge is 0.227 e. The average Bonchev–Trinajstić information content (AvgIpc) is 2.85. The van der Waals surface area contributed by atoms with Crippen LogP contribution in [0.25, 0.3) is 0 Å². The van der Waals surface area contributed by atoms with Gasteiger partial charge in [0.05, 0.1) is 5.92 Å². The zero-order chi connectivity index (χ0) is 13.7. The lowest BCUT2D eigenvalue weighted by Crippen LogP contribution is -2.40. The van der Waals surface area contributed by atoms with Gasteiger partial charge in [0.2, 0.25) is 5.91 Å². The number of nitrogens with one attached hydrogen (secondary N) is 1. The van der Waals surface area contributed by atoms with Gasteiger partial charge in [0, 0.05) is 19.1 Å². The Balaban J connectivity index is 2.04. The molecule has 1 amide bonds. The number of nitrogens with zero attached hydrogens (tertiary/aromatic N) is 1. The van der Waals surface area contributed by atoms with Crippen molar-refractivity contribution >= 4 is 5.91 Å². The lowest BCUT2D eigenvalue weighted by atomic mass is 10.00. The van der Waals surface area contributed by atoms with Crippen LogP contribution in [0.5, 0.6) is 0 Å². The van der Waals surface area contributed by atoms with E-state index in [0.717, 1.165) is 32.5 Å². The summed E-state index contributed by atoms with van der Waals surface area (Å²) in [4.78, 5) is 14.7. The quantitative estimate of drug-likeness (QED) is 0.882. The molecule has 0 bridgehead atoms.